The number of esters is 1. The van der Waals surface area contributed by atoms with Crippen LogP contribution in [0, 0.1) is 5.95 Å². The Morgan fingerprint density at radius 2 is 2.25 bits per heavy atom. The average molecular weight is 298 g/mol. The number of hydrogen-bond donors (Lipinski definition) is 0. The molecule has 0 aliphatic heterocycles. The molecule has 7 heteroatoms. The highest BCUT2D eigenvalue weighted by atomic mass is 79.9. The highest BCUT2D eigenvalue weighted by molar-refractivity contribution is 9.10. The number of methoxy groups -OCH3 is 1. The SMILES string of the molecule is COC(=O)Cc1cc(C(F)F)nc(F)c1Br. The van der Waals surface area contributed by atoms with Crippen LogP contribution in [0.4, 0.5) is 13.2 Å². The summed E-state index contributed by atoms with van der Waals surface area (Å²) in [7, 11) is 1.15. The summed E-state index contributed by atoms with van der Waals surface area (Å²) in [5.74, 6) is -1.72. The number of alkyl halides is 2. The number of ether oxygens (including phenoxy) is 1. The number of aromatic nitrogens is 1. The number of hydrogen-bond acceptors (Lipinski definition) is 3. The van der Waals surface area contributed by atoms with E-state index in [0.717, 1.165) is 13.2 Å². The van der Waals surface area contributed by atoms with Crippen molar-refractivity contribution in [2.45, 2.75) is 12.8 Å². The smallest absolute Gasteiger partial charge is 0.310 e. The van der Waals surface area contributed by atoms with Crippen molar-refractivity contribution in [3.05, 3.63) is 27.7 Å². The van der Waals surface area contributed by atoms with E-state index in [1.807, 2.05) is 0 Å². The predicted molar refractivity (Wildman–Crippen MR) is 52.6 cm³/mol. The summed E-state index contributed by atoms with van der Waals surface area (Å²) >= 11 is 2.83. The van der Waals surface area contributed by atoms with E-state index in [1.165, 1.54) is 0 Å². The molecule has 0 N–H and O–H groups in total. The summed E-state index contributed by atoms with van der Waals surface area (Å²) in [6.45, 7) is 0. The second-order valence-corrected chi connectivity index (χ2v) is 3.66. The number of rotatable bonds is 3. The first-order chi connectivity index (χ1) is 7.45. The van der Waals surface area contributed by atoms with Crippen LogP contribution in [-0.4, -0.2) is 18.1 Å². The van der Waals surface area contributed by atoms with E-state index in [2.05, 4.69) is 25.7 Å². The van der Waals surface area contributed by atoms with Gasteiger partial charge in [0, 0.05) is 0 Å². The lowest BCUT2D eigenvalue weighted by molar-refractivity contribution is -0.139. The van der Waals surface area contributed by atoms with E-state index in [9.17, 15) is 18.0 Å². The molecule has 0 saturated carbocycles. The maximum atomic E-state index is 13.1. The molecule has 0 fully saturated rings. The van der Waals surface area contributed by atoms with Crippen LogP contribution in [0.2, 0.25) is 0 Å². The second kappa shape index (κ2) is 5.29. The molecule has 1 rings (SSSR count). The summed E-state index contributed by atoms with van der Waals surface area (Å²) < 4.78 is 42.0. The van der Waals surface area contributed by atoms with Gasteiger partial charge in [0.25, 0.3) is 6.43 Å². The first-order valence-corrected chi connectivity index (χ1v) is 4.94. The van der Waals surface area contributed by atoms with Crippen molar-refractivity contribution in [2.75, 3.05) is 7.11 Å². The Kier molecular flexibility index (Phi) is 4.28. The lowest BCUT2D eigenvalue weighted by atomic mass is 10.1. The molecule has 88 valence electrons. The van der Waals surface area contributed by atoms with E-state index in [1.54, 1.807) is 0 Å². The van der Waals surface area contributed by atoms with E-state index >= 15 is 0 Å². The van der Waals surface area contributed by atoms with Gasteiger partial charge in [-0.3, -0.25) is 4.79 Å². The first kappa shape index (κ1) is 13.0. The highest BCUT2D eigenvalue weighted by Crippen LogP contribution is 2.25. The largest absolute Gasteiger partial charge is 0.469 e. The van der Waals surface area contributed by atoms with Gasteiger partial charge in [0.1, 0.15) is 5.69 Å². The predicted octanol–water partition coefficient (Wildman–Crippen LogP) is 2.64. The Bertz CT molecular complexity index is 412. The van der Waals surface area contributed by atoms with Crippen LogP contribution < -0.4 is 0 Å². The highest BCUT2D eigenvalue weighted by Gasteiger charge is 2.18. The molecule has 0 radical (unpaired) electrons. The van der Waals surface area contributed by atoms with Crippen molar-refractivity contribution in [3.8, 4) is 0 Å². The monoisotopic (exact) mass is 297 g/mol. The zero-order chi connectivity index (χ0) is 12.3. The zero-order valence-corrected chi connectivity index (χ0v) is 9.72. The average Bonchev–Trinajstić information content (AvgIpc) is 2.23. The van der Waals surface area contributed by atoms with Gasteiger partial charge in [0.2, 0.25) is 5.95 Å². The Hall–Kier alpha value is -1.11. The molecule has 0 bridgehead atoms. The van der Waals surface area contributed by atoms with Gasteiger partial charge in [-0.1, -0.05) is 0 Å². The fraction of sp³-hybridized carbons (Fsp3) is 0.333. The van der Waals surface area contributed by atoms with Crippen molar-refractivity contribution in [2.24, 2.45) is 0 Å². The minimum atomic E-state index is -2.89. The number of carbonyl (C=O) groups excluding carboxylic acids is 1. The fourth-order valence-corrected chi connectivity index (χ4v) is 1.38. The first-order valence-electron chi connectivity index (χ1n) is 4.15. The van der Waals surface area contributed by atoms with Gasteiger partial charge in [-0.15, -0.1) is 0 Å². The summed E-state index contributed by atoms with van der Waals surface area (Å²) in [4.78, 5) is 14.0. The molecule has 1 heterocycles. The Labute approximate surface area is 97.8 Å². The van der Waals surface area contributed by atoms with Crippen LogP contribution in [0.3, 0.4) is 0 Å². The molecular formula is C9H7BrF3NO2. The maximum Gasteiger partial charge on any atom is 0.310 e. The minimum absolute atomic E-state index is 0.0784. The third kappa shape index (κ3) is 2.94. The molecular weight excluding hydrogens is 291 g/mol. The van der Waals surface area contributed by atoms with Gasteiger partial charge in [-0.25, -0.2) is 13.8 Å². The van der Waals surface area contributed by atoms with Crippen LogP contribution in [-0.2, 0) is 16.0 Å². The lowest BCUT2D eigenvalue weighted by Crippen LogP contribution is -2.08. The second-order valence-electron chi connectivity index (χ2n) is 2.86. The summed E-state index contributed by atoms with van der Waals surface area (Å²) in [6, 6.07) is 0.967. The van der Waals surface area contributed by atoms with Gasteiger partial charge in [0.15, 0.2) is 0 Å². The van der Waals surface area contributed by atoms with E-state index < -0.39 is 24.0 Å². The summed E-state index contributed by atoms with van der Waals surface area (Å²) in [5, 5.41) is 0. The van der Waals surface area contributed by atoms with Crippen molar-refractivity contribution >= 4 is 21.9 Å². The maximum absolute atomic E-state index is 13.1. The fourth-order valence-electron chi connectivity index (χ4n) is 1.04. The topological polar surface area (TPSA) is 39.2 Å². The molecule has 16 heavy (non-hydrogen) atoms. The molecule has 0 aromatic carbocycles. The molecule has 0 amide bonds. The van der Waals surface area contributed by atoms with E-state index in [-0.39, 0.29) is 16.5 Å². The molecule has 0 unspecified atom stereocenters. The lowest BCUT2D eigenvalue weighted by Gasteiger charge is -2.06. The van der Waals surface area contributed by atoms with E-state index in [0.29, 0.717) is 0 Å². The zero-order valence-electron chi connectivity index (χ0n) is 8.14. The summed E-state index contributed by atoms with van der Waals surface area (Å²) in [6.07, 6.45) is -3.19. The Morgan fingerprint density at radius 3 is 2.75 bits per heavy atom. The van der Waals surface area contributed by atoms with Crippen LogP contribution in [0.25, 0.3) is 0 Å². The van der Waals surface area contributed by atoms with Gasteiger partial charge < -0.3 is 4.74 Å². The van der Waals surface area contributed by atoms with Crippen molar-refractivity contribution < 1.29 is 22.7 Å². The molecule has 0 aliphatic carbocycles. The van der Waals surface area contributed by atoms with Gasteiger partial charge >= 0.3 is 5.97 Å². The van der Waals surface area contributed by atoms with Crippen LogP contribution in [0.15, 0.2) is 10.5 Å². The molecule has 0 spiro atoms. The third-order valence-electron chi connectivity index (χ3n) is 1.80. The molecule has 0 atom stereocenters. The molecule has 0 aliphatic rings. The molecule has 1 aromatic rings. The molecule has 3 nitrogen and oxygen atoms in total. The Morgan fingerprint density at radius 1 is 1.62 bits per heavy atom. The van der Waals surface area contributed by atoms with Crippen LogP contribution in [0.5, 0.6) is 0 Å². The van der Waals surface area contributed by atoms with Crippen LogP contribution >= 0.6 is 15.9 Å². The standard InChI is InChI=1S/C9H7BrF3NO2/c1-16-6(15)3-4-2-5(8(11)12)14-9(13)7(4)10/h2,8H,3H2,1H3. The van der Waals surface area contributed by atoms with Gasteiger partial charge in [0.05, 0.1) is 18.0 Å². The van der Waals surface area contributed by atoms with E-state index in [4.69, 9.17) is 0 Å². The normalized spacial score (nSPS) is 10.6. The van der Waals surface area contributed by atoms with Gasteiger partial charge in [-0.05, 0) is 27.6 Å². The quantitative estimate of drug-likeness (QED) is 0.636. The number of pyridine rings is 1. The van der Waals surface area contributed by atoms with Crippen molar-refractivity contribution in [1.29, 1.82) is 0 Å². The van der Waals surface area contributed by atoms with Crippen LogP contribution in [0.1, 0.15) is 17.7 Å². The summed E-state index contributed by atoms with van der Waals surface area (Å²) in [5.41, 5.74) is -0.630. The molecule has 0 saturated heterocycles. The third-order valence-corrected chi connectivity index (χ3v) is 2.63. The van der Waals surface area contributed by atoms with Crippen molar-refractivity contribution in [1.82, 2.24) is 4.98 Å². The molecule has 1 aromatic heterocycles. The Balaban J connectivity index is 3.11. The number of nitrogens with zero attached hydrogens (tertiary/aromatic N) is 1. The number of carbonyl (C=O) groups is 1. The number of halogens is 4. The van der Waals surface area contributed by atoms with Gasteiger partial charge in [-0.2, -0.15) is 4.39 Å². The van der Waals surface area contributed by atoms with Crippen molar-refractivity contribution in [3.63, 3.8) is 0 Å². The minimum Gasteiger partial charge on any atom is -0.469 e.